The summed E-state index contributed by atoms with van der Waals surface area (Å²) in [5.41, 5.74) is 0.542. The highest BCUT2D eigenvalue weighted by atomic mass is 127. The Balaban J connectivity index is 1.91. The van der Waals surface area contributed by atoms with Gasteiger partial charge in [-0.25, -0.2) is 0 Å². The van der Waals surface area contributed by atoms with Crippen molar-refractivity contribution in [3.05, 3.63) is 49.7 Å². The van der Waals surface area contributed by atoms with Crippen LogP contribution < -0.4 is 15.4 Å². The van der Waals surface area contributed by atoms with E-state index < -0.39 is 0 Å². The first-order valence-corrected chi connectivity index (χ1v) is 8.42. The van der Waals surface area contributed by atoms with Gasteiger partial charge in [0.05, 0.1) is 17.2 Å². The van der Waals surface area contributed by atoms with Crippen molar-refractivity contribution >= 4 is 57.2 Å². The first-order chi connectivity index (χ1) is 10.1. The first kappa shape index (κ1) is 16.2. The van der Waals surface area contributed by atoms with Crippen LogP contribution >= 0.6 is 46.1 Å². The van der Waals surface area contributed by atoms with Crippen LogP contribution in [0.2, 0.25) is 0 Å². The van der Waals surface area contributed by atoms with Gasteiger partial charge < -0.3 is 10.1 Å². The number of carbonyl (C=O) groups is 1. The molecule has 0 fully saturated rings. The van der Waals surface area contributed by atoms with Crippen LogP contribution in [0.15, 0.2) is 35.7 Å². The van der Waals surface area contributed by atoms with Gasteiger partial charge >= 0.3 is 0 Å². The highest BCUT2D eigenvalue weighted by Crippen LogP contribution is 2.21. The Morgan fingerprint density at radius 2 is 2.24 bits per heavy atom. The molecule has 7 heteroatoms. The molecule has 4 nitrogen and oxygen atoms in total. The maximum absolute atomic E-state index is 12.1. The van der Waals surface area contributed by atoms with E-state index in [2.05, 4.69) is 33.2 Å². The Kier molecular flexibility index (Phi) is 5.95. The van der Waals surface area contributed by atoms with Crippen molar-refractivity contribution in [3.8, 4) is 5.75 Å². The van der Waals surface area contributed by atoms with Crippen molar-refractivity contribution in [3.63, 3.8) is 0 Å². The van der Waals surface area contributed by atoms with Crippen LogP contribution in [0.1, 0.15) is 15.2 Å². The number of rotatable bonds is 4. The molecule has 2 aromatic rings. The van der Waals surface area contributed by atoms with E-state index in [0.717, 1.165) is 14.2 Å². The van der Waals surface area contributed by atoms with E-state index in [1.165, 1.54) is 0 Å². The van der Waals surface area contributed by atoms with Crippen LogP contribution in [0.3, 0.4) is 0 Å². The lowest BCUT2D eigenvalue weighted by Gasteiger charge is -2.10. The number of ether oxygens (including phenoxy) is 1. The predicted molar refractivity (Wildman–Crippen MR) is 96.9 cm³/mol. The quantitative estimate of drug-likeness (QED) is 0.576. The molecule has 0 aliphatic heterocycles. The highest BCUT2D eigenvalue weighted by molar-refractivity contribution is 14.1. The lowest BCUT2D eigenvalue weighted by atomic mass is 10.2. The number of amides is 1. The Morgan fingerprint density at radius 3 is 2.86 bits per heavy atom. The van der Waals surface area contributed by atoms with Crippen molar-refractivity contribution in [2.75, 3.05) is 7.11 Å². The molecule has 1 aromatic heterocycles. The number of thiophene rings is 1. The summed E-state index contributed by atoms with van der Waals surface area (Å²) >= 11 is 8.88. The summed E-state index contributed by atoms with van der Waals surface area (Å²) in [6.45, 7) is 0.608. The van der Waals surface area contributed by atoms with E-state index >= 15 is 0 Å². The number of hydrogen-bond donors (Lipinski definition) is 2. The van der Waals surface area contributed by atoms with E-state index in [0.29, 0.717) is 17.2 Å². The second kappa shape index (κ2) is 7.71. The van der Waals surface area contributed by atoms with Crippen LogP contribution in [0.5, 0.6) is 5.75 Å². The van der Waals surface area contributed by atoms with Crippen LogP contribution in [0.4, 0.5) is 0 Å². The minimum absolute atomic E-state index is 0.237. The minimum atomic E-state index is -0.237. The van der Waals surface area contributed by atoms with Gasteiger partial charge in [-0.1, -0.05) is 6.07 Å². The topological polar surface area (TPSA) is 50.4 Å². The molecule has 0 atom stereocenters. The SMILES string of the molecule is COc1ccc(C(=O)NC(=S)NCc2cccs2)cc1I. The van der Waals surface area contributed by atoms with Crippen LogP contribution in [0, 0.1) is 3.57 Å². The minimum Gasteiger partial charge on any atom is -0.496 e. The Bertz CT molecular complexity index is 644. The third-order valence-corrected chi connectivity index (χ3v) is 4.61. The molecule has 0 saturated carbocycles. The van der Waals surface area contributed by atoms with Crippen molar-refractivity contribution < 1.29 is 9.53 Å². The number of methoxy groups -OCH3 is 1. The average Bonchev–Trinajstić information content (AvgIpc) is 2.98. The lowest BCUT2D eigenvalue weighted by molar-refractivity contribution is 0.0976. The average molecular weight is 432 g/mol. The summed E-state index contributed by atoms with van der Waals surface area (Å²) in [7, 11) is 1.60. The molecule has 2 N–H and O–H groups in total. The zero-order valence-electron chi connectivity index (χ0n) is 11.2. The van der Waals surface area contributed by atoms with Crippen molar-refractivity contribution in [2.24, 2.45) is 0 Å². The first-order valence-electron chi connectivity index (χ1n) is 6.05. The van der Waals surface area contributed by atoms with Gasteiger partial charge in [-0.3, -0.25) is 10.1 Å². The highest BCUT2D eigenvalue weighted by Gasteiger charge is 2.10. The molecule has 0 unspecified atom stereocenters. The van der Waals surface area contributed by atoms with Crippen molar-refractivity contribution in [2.45, 2.75) is 6.54 Å². The van der Waals surface area contributed by atoms with E-state index in [-0.39, 0.29) is 5.91 Å². The molecule has 0 saturated heterocycles. The molecule has 0 aliphatic rings. The normalized spacial score (nSPS) is 10.0. The number of thiocarbonyl (C=S) groups is 1. The molecule has 0 bridgehead atoms. The summed E-state index contributed by atoms with van der Waals surface area (Å²) in [4.78, 5) is 13.2. The molecule has 2 rings (SSSR count). The fourth-order valence-corrected chi connectivity index (χ4v) is 3.15. The molecule has 1 aromatic carbocycles. The van der Waals surface area contributed by atoms with Crippen molar-refractivity contribution in [1.82, 2.24) is 10.6 Å². The number of carbonyl (C=O) groups excluding carboxylic acids is 1. The molecule has 110 valence electrons. The monoisotopic (exact) mass is 432 g/mol. The number of halogens is 1. The summed E-state index contributed by atoms with van der Waals surface area (Å²) in [5, 5.41) is 7.99. The van der Waals surface area contributed by atoms with Crippen LogP contribution in [-0.4, -0.2) is 18.1 Å². The standard InChI is InChI=1S/C14H13IN2O2S2/c1-19-12-5-4-9(7-11(12)15)13(18)17-14(20)16-8-10-3-2-6-21-10/h2-7H,8H2,1H3,(H2,16,17,18,20). The fraction of sp³-hybridized carbons (Fsp3) is 0.143. The number of benzene rings is 1. The molecule has 0 aliphatic carbocycles. The predicted octanol–water partition coefficient (Wildman–Crippen LogP) is 3.17. The molecule has 0 radical (unpaired) electrons. The lowest BCUT2D eigenvalue weighted by Crippen LogP contribution is -2.38. The van der Waals surface area contributed by atoms with Gasteiger partial charge in [0.2, 0.25) is 0 Å². The third kappa shape index (κ3) is 4.65. The Hall–Kier alpha value is -1.19. The largest absolute Gasteiger partial charge is 0.496 e. The summed E-state index contributed by atoms with van der Waals surface area (Å²) in [6.07, 6.45) is 0. The van der Waals surface area contributed by atoms with E-state index in [9.17, 15) is 4.79 Å². The van der Waals surface area contributed by atoms with Crippen LogP contribution in [0.25, 0.3) is 0 Å². The van der Waals surface area contributed by atoms with Crippen LogP contribution in [-0.2, 0) is 6.54 Å². The number of nitrogens with one attached hydrogen (secondary N) is 2. The maximum Gasteiger partial charge on any atom is 0.257 e. The number of hydrogen-bond acceptors (Lipinski definition) is 4. The van der Waals surface area contributed by atoms with Gasteiger partial charge in [-0.15, -0.1) is 11.3 Å². The second-order valence-electron chi connectivity index (χ2n) is 4.07. The summed E-state index contributed by atoms with van der Waals surface area (Å²) < 4.78 is 6.04. The van der Waals surface area contributed by atoms with Gasteiger partial charge in [0.25, 0.3) is 5.91 Å². The Morgan fingerprint density at radius 1 is 1.43 bits per heavy atom. The summed E-state index contributed by atoms with van der Waals surface area (Å²) in [6, 6.07) is 9.21. The van der Waals surface area contributed by atoms with Gasteiger partial charge in [0.1, 0.15) is 5.75 Å². The van der Waals surface area contributed by atoms with Gasteiger partial charge in [-0.05, 0) is 64.5 Å². The molecule has 21 heavy (non-hydrogen) atoms. The van der Waals surface area contributed by atoms with Gasteiger partial charge in [-0.2, -0.15) is 0 Å². The van der Waals surface area contributed by atoms with Gasteiger partial charge in [0.15, 0.2) is 5.11 Å². The summed E-state index contributed by atoms with van der Waals surface area (Å²) in [5.74, 6) is 0.504. The fourth-order valence-electron chi connectivity index (χ4n) is 1.61. The van der Waals surface area contributed by atoms with E-state index in [1.807, 2.05) is 17.5 Å². The van der Waals surface area contributed by atoms with Gasteiger partial charge in [0, 0.05) is 10.4 Å². The second-order valence-corrected chi connectivity index (χ2v) is 6.67. The molecule has 1 amide bonds. The zero-order chi connectivity index (χ0) is 15.2. The molecular formula is C14H13IN2O2S2. The molecule has 1 heterocycles. The van der Waals surface area contributed by atoms with E-state index in [4.69, 9.17) is 17.0 Å². The third-order valence-electron chi connectivity index (χ3n) is 2.64. The molecule has 0 spiro atoms. The maximum atomic E-state index is 12.1. The smallest absolute Gasteiger partial charge is 0.257 e. The van der Waals surface area contributed by atoms with E-state index in [1.54, 1.807) is 36.6 Å². The molecular weight excluding hydrogens is 419 g/mol. The zero-order valence-corrected chi connectivity index (χ0v) is 15.0. The van der Waals surface area contributed by atoms with Crippen molar-refractivity contribution in [1.29, 1.82) is 0 Å². The Labute approximate surface area is 146 Å².